The second-order valence-corrected chi connectivity index (χ2v) is 6.14. The Morgan fingerprint density at radius 2 is 1.71 bits per heavy atom. The molecule has 2 atom stereocenters. The number of nitrogens with zero attached hydrogens (tertiary/aromatic N) is 3. The van der Waals surface area contributed by atoms with Gasteiger partial charge in [-0.25, -0.2) is 0 Å². The van der Waals surface area contributed by atoms with E-state index in [-0.39, 0.29) is 10.6 Å². The average molecular weight is 290 g/mol. The SMILES string of the molecule is C[C@@H]1CN(C2CNC2)C[C@H](C)N1c1ccc([N+](=O)[O-])cc1. The highest BCUT2D eigenvalue weighted by atomic mass is 16.6. The predicted octanol–water partition coefficient (Wildman–Crippen LogP) is 1.47. The van der Waals surface area contributed by atoms with Crippen LogP contribution in [-0.2, 0) is 0 Å². The molecule has 2 saturated heterocycles. The third-order valence-electron chi connectivity index (χ3n) is 4.58. The number of hydrogen-bond donors (Lipinski definition) is 1. The molecule has 3 rings (SSSR count). The normalized spacial score (nSPS) is 27.4. The Balaban J connectivity index is 1.74. The first kappa shape index (κ1) is 14.3. The molecule has 0 bridgehead atoms. The monoisotopic (exact) mass is 290 g/mol. The topological polar surface area (TPSA) is 61.6 Å². The maximum absolute atomic E-state index is 10.8. The highest BCUT2D eigenvalue weighted by Gasteiger charge is 2.34. The van der Waals surface area contributed by atoms with Gasteiger partial charge in [-0.05, 0) is 26.0 Å². The van der Waals surface area contributed by atoms with Crippen LogP contribution in [0.25, 0.3) is 0 Å². The van der Waals surface area contributed by atoms with Gasteiger partial charge in [0, 0.05) is 62.1 Å². The molecule has 2 fully saturated rings. The molecule has 1 aromatic carbocycles. The number of nitrogens with one attached hydrogen (secondary N) is 1. The first-order valence-electron chi connectivity index (χ1n) is 7.54. The van der Waals surface area contributed by atoms with Crippen molar-refractivity contribution in [2.45, 2.75) is 32.0 Å². The summed E-state index contributed by atoms with van der Waals surface area (Å²) < 4.78 is 0. The Bertz CT molecular complexity index is 503. The first-order chi connectivity index (χ1) is 10.1. The van der Waals surface area contributed by atoms with Gasteiger partial charge < -0.3 is 10.2 Å². The second kappa shape index (κ2) is 5.61. The van der Waals surface area contributed by atoms with E-state index in [1.54, 1.807) is 12.1 Å². The third kappa shape index (κ3) is 2.73. The van der Waals surface area contributed by atoms with E-state index in [1.807, 2.05) is 12.1 Å². The summed E-state index contributed by atoms with van der Waals surface area (Å²) >= 11 is 0. The number of piperazine rings is 1. The van der Waals surface area contributed by atoms with Crippen LogP contribution in [0.5, 0.6) is 0 Å². The molecule has 0 radical (unpaired) electrons. The van der Waals surface area contributed by atoms with E-state index in [0.717, 1.165) is 31.9 Å². The number of nitro groups is 1. The zero-order chi connectivity index (χ0) is 15.0. The van der Waals surface area contributed by atoms with Crippen molar-refractivity contribution in [2.75, 3.05) is 31.1 Å². The lowest BCUT2D eigenvalue weighted by Crippen LogP contribution is -2.65. The Morgan fingerprint density at radius 3 is 2.14 bits per heavy atom. The maximum Gasteiger partial charge on any atom is 0.269 e. The summed E-state index contributed by atoms with van der Waals surface area (Å²) in [6.45, 7) is 8.75. The van der Waals surface area contributed by atoms with Crippen molar-refractivity contribution < 1.29 is 4.92 Å². The van der Waals surface area contributed by atoms with Crippen molar-refractivity contribution in [2.24, 2.45) is 0 Å². The van der Waals surface area contributed by atoms with Gasteiger partial charge in [0.1, 0.15) is 0 Å². The van der Waals surface area contributed by atoms with Crippen LogP contribution in [0.15, 0.2) is 24.3 Å². The molecule has 6 nitrogen and oxygen atoms in total. The predicted molar refractivity (Wildman–Crippen MR) is 82.7 cm³/mol. The van der Waals surface area contributed by atoms with Crippen LogP contribution in [0.2, 0.25) is 0 Å². The van der Waals surface area contributed by atoms with Crippen LogP contribution in [0.1, 0.15) is 13.8 Å². The molecule has 0 amide bonds. The molecule has 1 aromatic rings. The summed E-state index contributed by atoms with van der Waals surface area (Å²) in [6, 6.07) is 8.42. The molecule has 21 heavy (non-hydrogen) atoms. The fourth-order valence-corrected chi connectivity index (χ4v) is 3.45. The molecule has 0 aromatic heterocycles. The Labute approximate surface area is 124 Å². The Morgan fingerprint density at radius 1 is 1.14 bits per heavy atom. The molecule has 0 saturated carbocycles. The van der Waals surface area contributed by atoms with Crippen molar-refractivity contribution in [1.82, 2.24) is 10.2 Å². The van der Waals surface area contributed by atoms with Crippen molar-refractivity contribution in [1.29, 1.82) is 0 Å². The van der Waals surface area contributed by atoms with Crippen LogP contribution >= 0.6 is 0 Å². The molecule has 114 valence electrons. The summed E-state index contributed by atoms with van der Waals surface area (Å²) in [6.07, 6.45) is 0. The lowest BCUT2D eigenvalue weighted by Gasteiger charge is -2.50. The highest BCUT2D eigenvalue weighted by molar-refractivity contribution is 5.52. The number of rotatable bonds is 3. The summed E-state index contributed by atoms with van der Waals surface area (Å²) in [7, 11) is 0. The van der Waals surface area contributed by atoms with Gasteiger partial charge in [0.05, 0.1) is 4.92 Å². The number of hydrogen-bond acceptors (Lipinski definition) is 5. The molecule has 0 aliphatic carbocycles. The largest absolute Gasteiger partial charge is 0.364 e. The number of non-ortho nitro benzene ring substituents is 1. The van der Waals surface area contributed by atoms with Gasteiger partial charge in [0.15, 0.2) is 0 Å². The number of benzene rings is 1. The summed E-state index contributed by atoms with van der Waals surface area (Å²) in [5.74, 6) is 0. The Kier molecular flexibility index (Phi) is 3.82. The minimum atomic E-state index is -0.349. The van der Waals surface area contributed by atoms with E-state index in [0.29, 0.717) is 18.1 Å². The fraction of sp³-hybridized carbons (Fsp3) is 0.600. The van der Waals surface area contributed by atoms with Gasteiger partial charge in [-0.1, -0.05) is 0 Å². The summed E-state index contributed by atoms with van der Waals surface area (Å²) in [4.78, 5) is 15.3. The van der Waals surface area contributed by atoms with Gasteiger partial charge in [0.25, 0.3) is 5.69 Å². The van der Waals surface area contributed by atoms with Crippen molar-refractivity contribution in [3.8, 4) is 0 Å². The lowest BCUT2D eigenvalue weighted by molar-refractivity contribution is -0.384. The third-order valence-corrected chi connectivity index (χ3v) is 4.58. The van der Waals surface area contributed by atoms with Gasteiger partial charge in [-0.3, -0.25) is 15.0 Å². The van der Waals surface area contributed by atoms with Gasteiger partial charge in [-0.15, -0.1) is 0 Å². The van der Waals surface area contributed by atoms with E-state index in [1.165, 1.54) is 0 Å². The molecular weight excluding hydrogens is 268 g/mol. The quantitative estimate of drug-likeness (QED) is 0.674. The van der Waals surface area contributed by atoms with Crippen LogP contribution in [0.3, 0.4) is 0 Å². The molecule has 0 unspecified atom stereocenters. The Hall–Kier alpha value is -1.66. The van der Waals surface area contributed by atoms with E-state index in [2.05, 4.69) is 29.0 Å². The summed E-state index contributed by atoms with van der Waals surface area (Å²) in [5.41, 5.74) is 1.23. The van der Waals surface area contributed by atoms with Crippen molar-refractivity contribution in [3.63, 3.8) is 0 Å². The maximum atomic E-state index is 10.8. The van der Waals surface area contributed by atoms with Gasteiger partial charge in [-0.2, -0.15) is 0 Å². The number of nitro benzene ring substituents is 1. The van der Waals surface area contributed by atoms with Crippen LogP contribution < -0.4 is 10.2 Å². The molecule has 2 aliphatic heterocycles. The van der Waals surface area contributed by atoms with E-state index in [4.69, 9.17) is 0 Å². The zero-order valence-electron chi connectivity index (χ0n) is 12.5. The van der Waals surface area contributed by atoms with Crippen molar-refractivity contribution in [3.05, 3.63) is 34.4 Å². The minimum absolute atomic E-state index is 0.151. The highest BCUT2D eigenvalue weighted by Crippen LogP contribution is 2.27. The summed E-state index contributed by atoms with van der Waals surface area (Å²) in [5, 5.41) is 14.1. The van der Waals surface area contributed by atoms with Crippen LogP contribution in [-0.4, -0.2) is 54.1 Å². The molecule has 0 spiro atoms. The van der Waals surface area contributed by atoms with E-state index >= 15 is 0 Å². The first-order valence-corrected chi connectivity index (χ1v) is 7.54. The molecular formula is C15H22N4O2. The van der Waals surface area contributed by atoms with Gasteiger partial charge >= 0.3 is 0 Å². The minimum Gasteiger partial charge on any atom is -0.364 e. The smallest absolute Gasteiger partial charge is 0.269 e. The van der Waals surface area contributed by atoms with Crippen LogP contribution in [0, 0.1) is 10.1 Å². The van der Waals surface area contributed by atoms with E-state index in [9.17, 15) is 10.1 Å². The second-order valence-electron chi connectivity index (χ2n) is 6.14. The molecule has 2 heterocycles. The molecule has 6 heteroatoms. The van der Waals surface area contributed by atoms with Crippen LogP contribution in [0.4, 0.5) is 11.4 Å². The van der Waals surface area contributed by atoms with Crippen molar-refractivity contribution >= 4 is 11.4 Å². The van der Waals surface area contributed by atoms with E-state index < -0.39 is 0 Å². The van der Waals surface area contributed by atoms with Gasteiger partial charge in [0.2, 0.25) is 0 Å². The molecule has 2 aliphatic rings. The zero-order valence-corrected chi connectivity index (χ0v) is 12.5. The fourth-order valence-electron chi connectivity index (χ4n) is 3.45. The average Bonchev–Trinajstić information content (AvgIpc) is 2.36. The standard InChI is InChI=1S/C15H22N4O2/c1-11-9-17(15-7-16-8-15)10-12(2)18(11)13-3-5-14(6-4-13)19(20)21/h3-6,11-12,15-16H,7-10H2,1-2H3/t11-,12+. The number of anilines is 1. The molecule has 1 N–H and O–H groups in total. The lowest BCUT2D eigenvalue weighted by atomic mass is 10.0.